The first-order valence-electron chi connectivity index (χ1n) is 12.7. The molecule has 4 unspecified atom stereocenters. The van der Waals surface area contributed by atoms with E-state index in [4.69, 9.17) is 39.0 Å². The van der Waals surface area contributed by atoms with Gasteiger partial charge in [-0.15, -0.1) is 0 Å². The van der Waals surface area contributed by atoms with E-state index in [1.165, 1.54) is 28.1 Å². The van der Waals surface area contributed by atoms with Gasteiger partial charge in [-0.1, -0.05) is 35.8 Å². The lowest BCUT2D eigenvalue weighted by atomic mass is 10.1. The third kappa shape index (κ3) is 5.45. The number of thiol groups is 2. The second-order valence-corrected chi connectivity index (χ2v) is 16.6. The maximum atomic E-state index is 16.0. The number of nitrogen functional groups attached to an aromatic ring is 2. The van der Waals surface area contributed by atoms with Crippen molar-refractivity contribution in [3.63, 3.8) is 0 Å². The van der Waals surface area contributed by atoms with Crippen molar-refractivity contribution in [3.8, 4) is 0 Å². The van der Waals surface area contributed by atoms with Crippen molar-refractivity contribution in [2.75, 3.05) is 24.7 Å². The van der Waals surface area contributed by atoms with Crippen molar-refractivity contribution in [3.05, 3.63) is 28.6 Å². The van der Waals surface area contributed by atoms with Crippen LogP contribution in [0.5, 0.6) is 0 Å². The molecule has 3 aliphatic heterocycles. The molecule has 236 valence electrons. The van der Waals surface area contributed by atoms with Gasteiger partial charge < -0.3 is 20.9 Å². The number of alkyl halides is 1. The van der Waals surface area contributed by atoms with Crippen molar-refractivity contribution < 1.29 is 41.1 Å². The summed E-state index contributed by atoms with van der Waals surface area (Å²) in [6.45, 7) is -9.51. The minimum absolute atomic E-state index is 0.00738. The highest BCUT2D eigenvalue weighted by molar-refractivity contribution is 8.44. The maximum Gasteiger partial charge on any atom is 0.386 e. The molecule has 4 aromatic rings. The highest BCUT2D eigenvalue weighted by atomic mass is 32.7. The zero-order valence-electron chi connectivity index (χ0n) is 21.9. The first kappa shape index (κ1) is 30.4. The molecule has 18 nitrogen and oxygen atoms in total. The van der Waals surface area contributed by atoms with E-state index in [9.17, 15) is 13.9 Å². The largest absolute Gasteiger partial charge is 0.386 e. The molecule has 0 aliphatic carbocycles. The van der Waals surface area contributed by atoms with Gasteiger partial charge in [0.1, 0.15) is 47.0 Å². The van der Waals surface area contributed by atoms with Crippen molar-refractivity contribution >= 4 is 82.6 Å². The van der Waals surface area contributed by atoms with E-state index in [0.717, 1.165) is 11.3 Å². The molecule has 7 heterocycles. The molecule has 44 heavy (non-hydrogen) atoms. The SMILES string of the molecule is Nc1ncnc2c1ncn2[C@@H]1O[C@@H]2COP(=O)(S)O[C@@H]3CC(COP(=O)(S)OC2[C@H]1F)O[C@H]3n1c(=O)sc2c(N)ncnc21. The Morgan fingerprint density at radius 2 is 1.61 bits per heavy atom. The summed E-state index contributed by atoms with van der Waals surface area (Å²) in [6, 6.07) is 0. The van der Waals surface area contributed by atoms with Crippen LogP contribution in [-0.4, -0.2) is 77.9 Å². The zero-order valence-corrected chi connectivity index (χ0v) is 26.3. The average Bonchev–Trinajstić information content (AvgIpc) is 3.71. The molecule has 0 amide bonds. The van der Waals surface area contributed by atoms with E-state index in [1.807, 2.05) is 0 Å². The van der Waals surface area contributed by atoms with Crippen LogP contribution in [0, 0.1) is 0 Å². The van der Waals surface area contributed by atoms with Gasteiger partial charge in [0.15, 0.2) is 35.7 Å². The van der Waals surface area contributed by atoms with Gasteiger partial charge in [-0.25, -0.2) is 38.4 Å². The average molecular weight is 710 g/mol. The number of aromatic nitrogens is 7. The van der Waals surface area contributed by atoms with Crippen LogP contribution in [0.4, 0.5) is 16.0 Å². The predicted octanol–water partition coefficient (Wildman–Crippen LogP) is 2.27. The highest BCUT2D eigenvalue weighted by Gasteiger charge is 2.52. The van der Waals surface area contributed by atoms with E-state index >= 15 is 4.39 Å². The lowest BCUT2D eigenvalue weighted by Crippen LogP contribution is -2.34. The Hall–Kier alpha value is -2.23. The summed E-state index contributed by atoms with van der Waals surface area (Å²) in [5.41, 5.74) is 12.3. The van der Waals surface area contributed by atoms with Gasteiger partial charge >= 0.3 is 18.5 Å². The van der Waals surface area contributed by atoms with Crippen molar-refractivity contribution in [2.24, 2.45) is 0 Å². The molecule has 0 spiro atoms. The van der Waals surface area contributed by atoms with Crippen molar-refractivity contribution in [1.82, 2.24) is 34.1 Å². The third-order valence-corrected chi connectivity index (χ3v) is 11.3. The summed E-state index contributed by atoms with van der Waals surface area (Å²) >= 11 is 8.94. The molecular formula is C20H22FN9O9P2S3. The summed E-state index contributed by atoms with van der Waals surface area (Å²) in [4.78, 5) is 32.6. The number of hydrogen-bond donors (Lipinski definition) is 4. The lowest BCUT2D eigenvalue weighted by molar-refractivity contribution is -0.0565. The van der Waals surface area contributed by atoms with Gasteiger partial charge in [0.25, 0.3) is 0 Å². The van der Waals surface area contributed by atoms with Crippen LogP contribution in [0.2, 0.25) is 0 Å². The standard InChI is InChI=1S/C20H22FN9O9P2S3/c21-10-12-9(37-19(10)29-6-28-11-14(22)24-4-26-16(11)29)3-35-40(32,42)38-8-1-7(2-34-41(33,43)39-12)36-18(8)30-17-13(44-20(30)31)15(23)25-5-27-17/h4-10,12,18-19H,1-3H2,(H,32,42)(H,33,43)(H2,22,24,26)(H2,23,25,27)/t7?,8-,9-,10-,12?,18-,19-,40?,41?/m1/s1. The molecule has 0 radical (unpaired) electrons. The van der Waals surface area contributed by atoms with Crippen LogP contribution in [0.25, 0.3) is 21.5 Å². The van der Waals surface area contributed by atoms with Gasteiger partial charge in [-0.3, -0.25) is 32.0 Å². The fourth-order valence-corrected chi connectivity index (χ4v) is 9.06. The molecule has 9 atom stereocenters. The number of halogens is 1. The van der Waals surface area contributed by atoms with Crippen LogP contribution >= 0.6 is 49.4 Å². The van der Waals surface area contributed by atoms with Crippen molar-refractivity contribution in [1.29, 1.82) is 0 Å². The smallest absolute Gasteiger partial charge is 0.382 e. The van der Waals surface area contributed by atoms with Crippen LogP contribution < -0.4 is 16.3 Å². The van der Waals surface area contributed by atoms with Gasteiger partial charge in [-0.05, 0) is 0 Å². The second kappa shape index (κ2) is 11.2. The number of hydrogen-bond acceptors (Lipinski definition) is 17. The first-order valence-corrected chi connectivity index (χ1v) is 18.9. The second-order valence-electron chi connectivity index (χ2n) is 9.87. The highest BCUT2D eigenvalue weighted by Crippen LogP contribution is 2.60. The van der Waals surface area contributed by atoms with E-state index in [2.05, 4.69) is 49.4 Å². The maximum absolute atomic E-state index is 16.0. The normalized spacial score (nSPS) is 36.6. The van der Waals surface area contributed by atoms with E-state index < -0.39 is 68.1 Å². The molecule has 7 rings (SSSR count). The number of ether oxygens (including phenoxy) is 2. The number of anilines is 2. The topological polar surface area (TPSA) is 233 Å². The predicted molar refractivity (Wildman–Crippen MR) is 158 cm³/mol. The van der Waals surface area contributed by atoms with Gasteiger partial charge in [0, 0.05) is 6.42 Å². The number of nitrogens with two attached hydrogens (primary N) is 2. The Morgan fingerprint density at radius 3 is 2.41 bits per heavy atom. The Balaban J connectivity index is 1.20. The fraction of sp³-hybridized carbons (Fsp3) is 0.500. The van der Waals surface area contributed by atoms with Crippen LogP contribution in [0.15, 0.2) is 23.8 Å². The molecule has 0 saturated carbocycles. The molecule has 2 bridgehead atoms. The van der Waals surface area contributed by atoms with E-state index in [-0.39, 0.29) is 41.5 Å². The Bertz CT molecular complexity index is 1910. The van der Waals surface area contributed by atoms with Gasteiger partial charge in [-0.2, -0.15) is 0 Å². The molecule has 3 fully saturated rings. The molecule has 3 saturated heterocycles. The monoisotopic (exact) mass is 709 g/mol. The number of thiazole rings is 1. The number of imidazole rings is 1. The number of nitrogens with zero attached hydrogens (tertiary/aromatic N) is 7. The summed E-state index contributed by atoms with van der Waals surface area (Å²) in [5, 5.41) is 0. The number of fused-ring (bicyclic) bond motifs is 5. The zero-order chi connectivity index (χ0) is 31.0. The molecular weight excluding hydrogens is 687 g/mol. The van der Waals surface area contributed by atoms with Crippen LogP contribution in [-0.2, 0) is 36.7 Å². The molecule has 24 heteroatoms. The van der Waals surface area contributed by atoms with Gasteiger partial charge in [0.05, 0.1) is 25.6 Å². The van der Waals surface area contributed by atoms with E-state index in [1.54, 1.807) is 0 Å². The summed E-state index contributed by atoms with van der Waals surface area (Å²) < 4.78 is 79.8. The van der Waals surface area contributed by atoms with Crippen LogP contribution in [0.1, 0.15) is 18.9 Å². The molecule has 4 N–H and O–H groups in total. The summed E-state index contributed by atoms with van der Waals surface area (Å²) in [7, 11) is 0. The third-order valence-electron chi connectivity index (χ3n) is 7.10. The lowest BCUT2D eigenvalue weighted by Gasteiger charge is -2.26. The minimum Gasteiger partial charge on any atom is -0.382 e. The van der Waals surface area contributed by atoms with Gasteiger partial charge in [0.2, 0.25) is 0 Å². The molecule has 0 aromatic carbocycles. The summed E-state index contributed by atoms with van der Waals surface area (Å²) in [5.74, 6) is 0.148. The quantitative estimate of drug-likeness (QED) is 0.173. The molecule has 3 aliphatic rings. The Labute approximate surface area is 259 Å². The first-order chi connectivity index (χ1) is 20.9. The number of rotatable bonds is 2. The van der Waals surface area contributed by atoms with Crippen molar-refractivity contribution in [2.45, 2.75) is 49.5 Å². The molecule has 4 aromatic heterocycles. The van der Waals surface area contributed by atoms with E-state index in [0.29, 0.717) is 4.70 Å². The Kier molecular flexibility index (Phi) is 7.77. The fourth-order valence-electron chi connectivity index (χ4n) is 5.20. The van der Waals surface area contributed by atoms with Crippen LogP contribution in [0.3, 0.4) is 0 Å². The summed E-state index contributed by atoms with van der Waals surface area (Å²) in [6.07, 6.45) is -5.86. The minimum atomic E-state index is -4.28. The Morgan fingerprint density at radius 1 is 0.909 bits per heavy atom.